The van der Waals surface area contributed by atoms with E-state index in [1.165, 1.54) is 6.07 Å². The van der Waals surface area contributed by atoms with Crippen molar-refractivity contribution in [3.8, 4) is 0 Å². The molecule has 0 spiro atoms. The third kappa shape index (κ3) is 4.14. The van der Waals surface area contributed by atoms with Crippen LogP contribution in [-0.2, 0) is 16.6 Å². The summed E-state index contributed by atoms with van der Waals surface area (Å²) < 4.78 is 40.5. The lowest BCUT2D eigenvalue weighted by Gasteiger charge is -2.13. The molecule has 0 aliphatic carbocycles. The van der Waals surface area contributed by atoms with Gasteiger partial charge in [-0.25, -0.2) is 17.5 Å². The van der Waals surface area contributed by atoms with Gasteiger partial charge in [0.1, 0.15) is 10.7 Å². The minimum Gasteiger partial charge on any atom is -0.326 e. The van der Waals surface area contributed by atoms with E-state index in [0.717, 1.165) is 12.5 Å². The zero-order chi connectivity index (χ0) is 14.6. The average Bonchev–Trinajstić information content (AvgIpc) is 2.38. The first-order valence-corrected chi connectivity index (χ1v) is 7.85. The minimum absolute atomic E-state index is 0.0800. The van der Waals surface area contributed by atoms with Crippen molar-refractivity contribution >= 4 is 21.6 Å². The molecule has 0 saturated carbocycles. The predicted octanol–water partition coefficient (Wildman–Crippen LogP) is 2.26. The summed E-state index contributed by atoms with van der Waals surface area (Å²) in [6.07, 6.45) is 0.828. The number of hydrogen-bond acceptors (Lipinski definition) is 3. The van der Waals surface area contributed by atoms with Gasteiger partial charge in [0, 0.05) is 23.7 Å². The molecule has 1 aromatic carbocycles. The van der Waals surface area contributed by atoms with Crippen LogP contribution in [0.4, 0.5) is 4.39 Å². The first-order valence-electron chi connectivity index (χ1n) is 5.99. The Labute approximate surface area is 118 Å². The van der Waals surface area contributed by atoms with E-state index in [0.29, 0.717) is 0 Å². The van der Waals surface area contributed by atoms with Gasteiger partial charge in [-0.15, -0.1) is 0 Å². The van der Waals surface area contributed by atoms with Crippen molar-refractivity contribution in [3.63, 3.8) is 0 Å². The van der Waals surface area contributed by atoms with E-state index >= 15 is 0 Å². The number of nitrogens with two attached hydrogens (primary N) is 1. The highest BCUT2D eigenvalue weighted by atomic mass is 35.5. The molecule has 0 aliphatic heterocycles. The molecule has 7 heteroatoms. The number of nitrogens with one attached hydrogen (secondary N) is 1. The van der Waals surface area contributed by atoms with Crippen molar-refractivity contribution in [2.45, 2.75) is 31.7 Å². The van der Waals surface area contributed by atoms with Crippen LogP contribution in [0.15, 0.2) is 17.0 Å². The summed E-state index contributed by atoms with van der Waals surface area (Å²) >= 11 is 5.78. The van der Waals surface area contributed by atoms with Gasteiger partial charge in [0.05, 0.1) is 0 Å². The van der Waals surface area contributed by atoms with Crippen molar-refractivity contribution in [1.29, 1.82) is 0 Å². The summed E-state index contributed by atoms with van der Waals surface area (Å²) in [5.41, 5.74) is 5.44. The number of hydrogen-bond donors (Lipinski definition) is 2. The Morgan fingerprint density at radius 1 is 1.47 bits per heavy atom. The van der Waals surface area contributed by atoms with Crippen LogP contribution in [-0.4, -0.2) is 15.0 Å². The zero-order valence-electron chi connectivity index (χ0n) is 10.9. The molecule has 1 unspecified atom stereocenters. The van der Waals surface area contributed by atoms with Crippen LogP contribution < -0.4 is 10.5 Å². The van der Waals surface area contributed by atoms with Crippen LogP contribution in [0.1, 0.15) is 25.8 Å². The van der Waals surface area contributed by atoms with Gasteiger partial charge in [0.15, 0.2) is 0 Å². The Morgan fingerprint density at radius 3 is 2.63 bits per heavy atom. The first kappa shape index (κ1) is 16.4. The second kappa shape index (κ2) is 6.65. The molecule has 1 atom stereocenters. The summed E-state index contributed by atoms with van der Waals surface area (Å²) in [5.74, 6) is -0.672. The number of benzene rings is 1. The van der Waals surface area contributed by atoms with Gasteiger partial charge in [-0.1, -0.05) is 31.9 Å². The zero-order valence-corrected chi connectivity index (χ0v) is 12.5. The largest absolute Gasteiger partial charge is 0.326 e. The highest BCUT2D eigenvalue weighted by Gasteiger charge is 2.22. The smallest absolute Gasteiger partial charge is 0.243 e. The van der Waals surface area contributed by atoms with E-state index in [1.807, 2.05) is 13.8 Å². The van der Waals surface area contributed by atoms with Crippen LogP contribution in [0.3, 0.4) is 0 Å². The van der Waals surface area contributed by atoms with E-state index < -0.39 is 20.7 Å². The Balaban J connectivity index is 3.11. The van der Waals surface area contributed by atoms with E-state index in [1.54, 1.807) is 0 Å². The fourth-order valence-corrected chi connectivity index (χ4v) is 3.05. The fraction of sp³-hybridized carbons (Fsp3) is 0.500. The normalized spacial score (nSPS) is 13.5. The van der Waals surface area contributed by atoms with Gasteiger partial charge in [-0.2, -0.15) is 0 Å². The van der Waals surface area contributed by atoms with Crippen molar-refractivity contribution in [2.75, 3.05) is 6.54 Å². The van der Waals surface area contributed by atoms with Gasteiger partial charge in [0.2, 0.25) is 10.0 Å². The molecule has 108 valence electrons. The quantitative estimate of drug-likeness (QED) is 0.846. The molecule has 0 fully saturated rings. The predicted molar refractivity (Wildman–Crippen MR) is 73.9 cm³/mol. The van der Waals surface area contributed by atoms with Crippen molar-refractivity contribution < 1.29 is 12.8 Å². The van der Waals surface area contributed by atoms with Crippen molar-refractivity contribution in [3.05, 3.63) is 28.5 Å². The van der Waals surface area contributed by atoms with Crippen LogP contribution in [0, 0.1) is 11.7 Å². The molecule has 0 amide bonds. The summed E-state index contributed by atoms with van der Waals surface area (Å²) in [4.78, 5) is -0.455. The Hall–Kier alpha value is -0.690. The lowest BCUT2D eigenvalue weighted by atomic mass is 10.1. The molecule has 0 heterocycles. The molecule has 1 aromatic rings. The molecule has 19 heavy (non-hydrogen) atoms. The fourth-order valence-electron chi connectivity index (χ4n) is 1.44. The van der Waals surface area contributed by atoms with Gasteiger partial charge >= 0.3 is 0 Å². The van der Waals surface area contributed by atoms with Crippen molar-refractivity contribution in [2.24, 2.45) is 11.7 Å². The van der Waals surface area contributed by atoms with Gasteiger partial charge in [-0.3, -0.25) is 0 Å². The van der Waals surface area contributed by atoms with Crippen LogP contribution in [0.5, 0.6) is 0 Å². The minimum atomic E-state index is -3.92. The molecule has 0 saturated heterocycles. The van der Waals surface area contributed by atoms with Gasteiger partial charge < -0.3 is 5.73 Å². The monoisotopic (exact) mass is 308 g/mol. The Bertz CT molecular complexity index is 549. The molecule has 0 bridgehead atoms. The molecule has 3 N–H and O–H groups in total. The average molecular weight is 309 g/mol. The van der Waals surface area contributed by atoms with Crippen LogP contribution in [0.2, 0.25) is 5.02 Å². The topological polar surface area (TPSA) is 72.2 Å². The third-order valence-corrected chi connectivity index (χ3v) is 4.55. The number of rotatable bonds is 6. The lowest BCUT2D eigenvalue weighted by molar-refractivity contribution is 0.519. The molecular formula is C12H18ClFN2O2S. The number of sulfonamides is 1. The third-order valence-electron chi connectivity index (χ3n) is 2.91. The van der Waals surface area contributed by atoms with Gasteiger partial charge in [-0.05, 0) is 18.1 Å². The maximum Gasteiger partial charge on any atom is 0.243 e. The van der Waals surface area contributed by atoms with Gasteiger partial charge in [0.25, 0.3) is 0 Å². The molecule has 4 nitrogen and oxygen atoms in total. The Kier molecular flexibility index (Phi) is 5.73. The molecule has 0 aliphatic rings. The van der Waals surface area contributed by atoms with E-state index in [4.69, 9.17) is 17.3 Å². The second-order valence-corrected chi connectivity index (χ2v) is 6.62. The van der Waals surface area contributed by atoms with E-state index in [2.05, 4.69) is 4.72 Å². The number of halogens is 2. The summed E-state index contributed by atoms with van der Waals surface area (Å²) in [5, 5.41) is 0.144. The molecule has 0 aromatic heterocycles. The highest BCUT2D eigenvalue weighted by Crippen LogP contribution is 2.23. The van der Waals surface area contributed by atoms with Crippen LogP contribution in [0.25, 0.3) is 0 Å². The van der Waals surface area contributed by atoms with Crippen LogP contribution >= 0.6 is 11.6 Å². The molecule has 1 rings (SSSR count). The SMILES string of the molecule is CCC(C)CNS(=O)(=O)c1cc(Cl)cc(CN)c1F. The maximum absolute atomic E-state index is 14.0. The summed E-state index contributed by atoms with van der Waals surface area (Å²) in [6, 6.07) is 2.42. The van der Waals surface area contributed by atoms with E-state index in [-0.39, 0.29) is 29.6 Å². The Morgan fingerprint density at radius 2 is 2.11 bits per heavy atom. The summed E-state index contributed by atoms with van der Waals surface area (Å²) in [6.45, 7) is 4.00. The summed E-state index contributed by atoms with van der Waals surface area (Å²) in [7, 11) is -3.92. The second-order valence-electron chi connectivity index (χ2n) is 4.45. The lowest BCUT2D eigenvalue weighted by Crippen LogP contribution is -2.29. The first-order chi connectivity index (χ1) is 8.81. The maximum atomic E-state index is 14.0. The van der Waals surface area contributed by atoms with Crippen molar-refractivity contribution in [1.82, 2.24) is 4.72 Å². The molecular weight excluding hydrogens is 291 g/mol. The standard InChI is InChI=1S/C12H18ClFN2O2S/c1-3-8(2)7-16-19(17,18)11-5-10(13)4-9(6-15)12(11)14/h4-5,8,16H,3,6-7,15H2,1-2H3. The van der Waals surface area contributed by atoms with E-state index in [9.17, 15) is 12.8 Å². The highest BCUT2D eigenvalue weighted by molar-refractivity contribution is 7.89. The molecule has 0 radical (unpaired) electrons.